The van der Waals surface area contributed by atoms with Gasteiger partial charge in [0.25, 0.3) is 0 Å². The zero-order chi connectivity index (χ0) is 15.4. The van der Waals surface area contributed by atoms with E-state index in [1.807, 2.05) is 44.2 Å². The molecule has 2 amide bonds. The lowest BCUT2D eigenvalue weighted by atomic mass is 10.0. The predicted octanol–water partition coefficient (Wildman–Crippen LogP) is 2.33. The third-order valence-corrected chi connectivity index (χ3v) is 3.17. The predicted molar refractivity (Wildman–Crippen MR) is 82.8 cm³/mol. The molecular weight excluding hydrogens is 266 g/mol. The first kappa shape index (κ1) is 15.0. The minimum atomic E-state index is -0.561. The van der Waals surface area contributed by atoms with Gasteiger partial charge in [0.15, 0.2) is 0 Å². The van der Waals surface area contributed by atoms with Gasteiger partial charge in [0.2, 0.25) is 11.8 Å². The molecule has 0 saturated heterocycles. The van der Waals surface area contributed by atoms with Crippen LogP contribution in [0.4, 0.5) is 5.69 Å². The lowest BCUT2D eigenvalue weighted by Crippen LogP contribution is -2.46. The fourth-order valence-corrected chi connectivity index (χ4v) is 2.11. The maximum atomic E-state index is 12.3. The highest BCUT2D eigenvalue weighted by molar-refractivity contribution is 5.98. The van der Waals surface area contributed by atoms with Crippen molar-refractivity contribution in [2.24, 2.45) is 5.92 Å². The zero-order valence-corrected chi connectivity index (χ0v) is 12.4. The summed E-state index contributed by atoms with van der Waals surface area (Å²) >= 11 is 0. The summed E-state index contributed by atoms with van der Waals surface area (Å²) in [5.41, 5.74) is 1.49. The molecule has 0 aliphatic rings. The number of carbonyl (C=O) groups excluding carboxylic acids is 2. The molecule has 0 unspecified atom stereocenters. The first-order chi connectivity index (χ1) is 9.97. The molecule has 0 aliphatic heterocycles. The molecule has 0 radical (unpaired) electrons. The van der Waals surface area contributed by atoms with Gasteiger partial charge in [-0.05, 0) is 18.1 Å². The van der Waals surface area contributed by atoms with E-state index in [1.54, 1.807) is 6.20 Å². The van der Waals surface area contributed by atoms with Gasteiger partial charge in [-0.3, -0.25) is 14.6 Å². The Labute approximate surface area is 123 Å². The Balaban J connectivity index is 2.17. The van der Waals surface area contributed by atoms with Crippen LogP contribution in [0.25, 0.3) is 10.9 Å². The van der Waals surface area contributed by atoms with Crippen molar-refractivity contribution < 1.29 is 9.59 Å². The Morgan fingerprint density at radius 3 is 2.57 bits per heavy atom. The van der Waals surface area contributed by atoms with E-state index in [1.165, 1.54) is 6.92 Å². The Morgan fingerprint density at radius 2 is 1.90 bits per heavy atom. The molecule has 5 nitrogen and oxygen atoms in total. The number of hydrogen-bond acceptors (Lipinski definition) is 3. The lowest BCUT2D eigenvalue weighted by Gasteiger charge is -2.20. The summed E-state index contributed by atoms with van der Waals surface area (Å²) in [5, 5.41) is 6.42. The normalized spacial score (nSPS) is 12.2. The quantitative estimate of drug-likeness (QED) is 0.905. The number of anilines is 1. The van der Waals surface area contributed by atoms with E-state index in [0.29, 0.717) is 5.69 Å². The second-order valence-electron chi connectivity index (χ2n) is 5.33. The van der Waals surface area contributed by atoms with Crippen LogP contribution in [0.2, 0.25) is 0 Å². The summed E-state index contributed by atoms with van der Waals surface area (Å²) < 4.78 is 0. The van der Waals surface area contributed by atoms with Gasteiger partial charge < -0.3 is 10.6 Å². The number of carbonyl (C=O) groups is 2. The summed E-state index contributed by atoms with van der Waals surface area (Å²) in [6.07, 6.45) is 1.62. The number of benzene rings is 1. The summed E-state index contributed by atoms with van der Waals surface area (Å²) in [6.45, 7) is 5.18. The van der Waals surface area contributed by atoms with Crippen molar-refractivity contribution in [2.75, 3.05) is 5.32 Å². The minimum absolute atomic E-state index is 0.00214. The largest absolute Gasteiger partial charge is 0.344 e. The molecule has 0 fully saturated rings. The molecule has 1 aromatic heterocycles. The molecule has 5 heteroatoms. The van der Waals surface area contributed by atoms with Crippen molar-refractivity contribution in [3.8, 4) is 0 Å². The molecule has 2 aromatic rings. The average Bonchev–Trinajstić information content (AvgIpc) is 2.44. The fraction of sp³-hybridized carbons (Fsp3) is 0.312. The second kappa shape index (κ2) is 6.35. The molecule has 1 atom stereocenters. The molecule has 0 bridgehead atoms. The van der Waals surface area contributed by atoms with Gasteiger partial charge in [0, 0.05) is 12.3 Å². The highest BCUT2D eigenvalue weighted by atomic mass is 16.2. The van der Waals surface area contributed by atoms with Crippen molar-refractivity contribution in [2.45, 2.75) is 26.8 Å². The molecule has 0 spiro atoms. The average molecular weight is 285 g/mol. The van der Waals surface area contributed by atoms with Gasteiger partial charge in [0.05, 0.1) is 17.4 Å². The number of rotatable bonds is 4. The van der Waals surface area contributed by atoms with E-state index in [4.69, 9.17) is 0 Å². The summed E-state index contributed by atoms with van der Waals surface area (Å²) in [5.74, 6) is -0.458. The first-order valence-corrected chi connectivity index (χ1v) is 6.90. The van der Waals surface area contributed by atoms with E-state index in [9.17, 15) is 9.59 Å². The first-order valence-electron chi connectivity index (χ1n) is 6.90. The van der Waals surface area contributed by atoms with Gasteiger partial charge in [0.1, 0.15) is 6.04 Å². The minimum Gasteiger partial charge on any atom is -0.344 e. The molecule has 1 heterocycles. The van der Waals surface area contributed by atoms with Gasteiger partial charge >= 0.3 is 0 Å². The van der Waals surface area contributed by atoms with Crippen LogP contribution in [-0.4, -0.2) is 22.8 Å². The fourth-order valence-electron chi connectivity index (χ4n) is 2.11. The van der Waals surface area contributed by atoms with Gasteiger partial charge in [-0.25, -0.2) is 0 Å². The molecule has 0 aliphatic carbocycles. The number of nitrogens with one attached hydrogen (secondary N) is 2. The number of para-hydroxylation sites is 1. The molecular formula is C16H19N3O2. The zero-order valence-electron chi connectivity index (χ0n) is 12.4. The molecule has 1 aromatic carbocycles. The lowest BCUT2D eigenvalue weighted by molar-refractivity contribution is -0.126. The maximum Gasteiger partial charge on any atom is 0.247 e. The van der Waals surface area contributed by atoms with Gasteiger partial charge in [-0.2, -0.15) is 0 Å². The number of hydrogen-bond donors (Lipinski definition) is 2. The van der Waals surface area contributed by atoms with E-state index < -0.39 is 6.04 Å². The molecule has 2 rings (SSSR count). The van der Waals surface area contributed by atoms with Crippen LogP contribution < -0.4 is 10.6 Å². The number of pyridine rings is 1. The molecule has 110 valence electrons. The monoisotopic (exact) mass is 285 g/mol. The van der Waals surface area contributed by atoms with E-state index in [2.05, 4.69) is 15.6 Å². The number of fused-ring (bicyclic) bond motifs is 1. The number of amides is 2. The van der Waals surface area contributed by atoms with E-state index >= 15 is 0 Å². The van der Waals surface area contributed by atoms with Crippen molar-refractivity contribution >= 4 is 28.4 Å². The van der Waals surface area contributed by atoms with Crippen LogP contribution in [0.5, 0.6) is 0 Å². The SMILES string of the molecule is CC(=O)N[C@H](C(=O)Nc1cnc2ccccc2c1)C(C)C. The van der Waals surface area contributed by atoms with Crippen LogP contribution in [0, 0.1) is 5.92 Å². The molecule has 21 heavy (non-hydrogen) atoms. The number of nitrogens with zero attached hydrogens (tertiary/aromatic N) is 1. The highest BCUT2D eigenvalue weighted by Crippen LogP contribution is 2.16. The Kier molecular flexibility index (Phi) is 4.52. The van der Waals surface area contributed by atoms with E-state index in [-0.39, 0.29) is 17.7 Å². The smallest absolute Gasteiger partial charge is 0.247 e. The Bertz CT molecular complexity index is 667. The van der Waals surface area contributed by atoms with Crippen LogP contribution in [-0.2, 0) is 9.59 Å². The van der Waals surface area contributed by atoms with Gasteiger partial charge in [-0.15, -0.1) is 0 Å². The highest BCUT2D eigenvalue weighted by Gasteiger charge is 2.23. The van der Waals surface area contributed by atoms with Crippen molar-refractivity contribution in [1.29, 1.82) is 0 Å². The van der Waals surface area contributed by atoms with Crippen molar-refractivity contribution in [3.05, 3.63) is 36.5 Å². The number of aromatic nitrogens is 1. The molecule has 0 saturated carbocycles. The second-order valence-corrected chi connectivity index (χ2v) is 5.33. The van der Waals surface area contributed by atoms with Gasteiger partial charge in [-0.1, -0.05) is 32.0 Å². The maximum absolute atomic E-state index is 12.3. The van der Waals surface area contributed by atoms with Crippen LogP contribution in [0.3, 0.4) is 0 Å². The third kappa shape index (κ3) is 3.78. The van der Waals surface area contributed by atoms with Crippen molar-refractivity contribution in [1.82, 2.24) is 10.3 Å². The Morgan fingerprint density at radius 1 is 1.19 bits per heavy atom. The van der Waals surface area contributed by atoms with Crippen LogP contribution in [0.1, 0.15) is 20.8 Å². The topological polar surface area (TPSA) is 71.1 Å². The van der Waals surface area contributed by atoms with E-state index in [0.717, 1.165) is 10.9 Å². The van der Waals surface area contributed by atoms with Crippen molar-refractivity contribution in [3.63, 3.8) is 0 Å². The van der Waals surface area contributed by atoms with Crippen LogP contribution in [0.15, 0.2) is 36.5 Å². The summed E-state index contributed by atoms with van der Waals surface area (Å²) in [4.78, 5) is 27.8. The standard InChI is InChI=1S/C16H19N3O2/c1-10(2)15(18-11(3)20)16(21)19-13-8-12-6-4-5-7-14(12)17-9-13/h4-10,15H,1-3H3,(H,18,20)(H,19,21)/t15-/m0/s1. The summed E-state index contributed by atoms with van der Waals surface area (Å²) in [6, 6.07) is 8.99. The Hall–Kier alpha value is -2.43. The summed E-state index contributed by atoms with van der Waals surface area (Å²) in [7, 11) is 0. The molecule has 2 N–H and O–H groups in total. The van der Waals surface area contributed by atoms with Crippen LogP contribution >= 0.6 is 0 Å². The third-order valence-electron chi connectivity index (χ3n) is 3.17.